The molecule has 0 atom stereocenters. The van der Waals surface area contributed by atoms with Gasteiger partial charge in [0, 0.05) is 17.7 Å². The number of amides is 1. The summed E-state index contributed by atoms with van der Waals surface area (Å²) >= 11 is 1.29. The first kappa shape index (κ1) is 23.4. The third-order valence-corrected chi connectivity index (χ3v) is 6.59. The van der Waals surface area contributed by atoms with E-state index in [1.165, 1.54) is 36.0 Å². The number of rotatable bonds is 7. The van der Waals surface area contributed by atoms with Crippen molar-refractivity contribution in [3.8, 4) is 28.8 Å². The molecule has 1 amide bonds. The van der Waals surface area contributed by atoms with Gasteiger partial charge in [0.1, 0.15) is 16.5 Å². The van der Waals surface area contributed by atoms with Crippen molar-refractivity contribution in [2.75, 3.05) is 18.2 Å². The monoisotopic (exact) mass is 498 g/mol. The number of hydrogen-bond donors (Lipinski definition) is 1. The van der Waals surface area contributed by atoms with Crippen LogP contribution >= 0.6 is 11.8 Å². The van der Waals surface area contributed by atoms with Gasteiger partial charge in [-0.1, -0.05) is 42.1 Å². The van der Waals surface area contributed by atoms with E-state index < -0.39 is 5.97 Å². The van der Waals surface area contributed by atoms with Crippen molar-refractivity contribution >= 4 is 29.3 Å². The first-order valence-electron chi connectivity index (χ1n) is 11.1. The Bertz CT molecular complexity index is 1440. The lowest BCUT2D eigenvalue weighted by Crippen LogP contribution is -2.22. The third kappa shape index (κ3) is 5.01. The molecule has 1 aromatic heterocycles. The van der Waals surface area contributed by atoms with Crippen LogP contribution in [-0.2, 0) is 11.2 Å². The number of carboxylic acids is 1. The van der Waals surface area contributed by atoms with Crippen molar-refractivity contribution in [3.05, 3.63) is 89.5 Å². The van der Waals surface area contributed by atoms with Crippen LogP contribution in [0.5, 0.6) is 17.4 Å². The average Bonchev–Trinajstić information content (AvgIpc) is 2.90. The van der Waals surface area contributed by atoms with Gasteiger partial charge in [0.05, 0.1) is 24.4 Å². The fourth-order valence-corrected chi connectivity index (χ4v) is 4.56. The van der Waals surface area contributed by atoms with Gasteiger partial charge >= 0.3 is 0 Å². The number of fused-ring (bicyclic) bond motifs is 2. The molecule has 1 aliphatic heterocycles. The fourth-order valence-electron chi connectivity index (χ4n) is 3.73. The molecule has 4 aromatic rings. The first-order valence-corrected chi connectivity index (χ1v) is 12.0. The van der Waals surface area contributed by atoms with Crippen LogP contribution in [0.15, 0.2) is 77.8 Å². The quantitative estimate of drug-likeness (QED) is 0.265. The van der Waals surface area contributed by atoms with Crippen molar-refractivity contribution in [2.45, 2.75) is 11.4 Å². The maximum absolute atomic E-state index is 12.6. The summed E-state index contributed by atoms with van der Waals surface area (Å²) in [5.41, 5.74) is 3.17. The number of thioether (sulfide) groups is 1. The lowest BCUT2D eigenvalue weighted by Gasteiger charge is -2.21. The minimum Gasteiger partial charge on any atom is -0.545 e. The lowest BCUT2D eigenvalue weighted by molar-refractivity contribution is -0.255. The van der Waals surface area contributed by atoms with Crippen LogP contribution in [0.2, 0.25) is 0 Å². The van der Waals surface area contributed by atoms with E-state index in [0.717, 1.165) is 28.2 Å². The number of carbonyl (C=O) groups excluding carboxylic acids is 2. The molecule has 0 unspecified atom stereocenters. The molecule has 0 fully saturated rings. The van der Waals surface area contributed by atoms with Crippen LogP contribution < -0.4 is 19.9 Å². The minimum atomic E-state index is -1.27. The largest absolute Gasteiger partial charge is 0.545 e. The highest BCUT2D eigenvalue weighted by Crippen LogP contribution is 2.40. The molecule has 1 N–H and O–H groups in total. The van der Waals surface area contributed by atoms with Crippen LogP contribution in [0.1, 0.15) is 21.5 Å². The molecule has 0 radical (unpaired) electrons. The Morgan fingerprint density at radius 1 is 1.03 bits per heavy atom. The Kier molecular flexibility index (Phi) is 6.55. The molecule has 180 valence electrons. The van der Waals surface area contributed by atoms with Crippen LogP contribution in [-0.4, -0.2) is 34.7 Å². The zero-order valence-corrected chi connectivity index (χ0v) is 20.0. The number of nitrogens with zero attached hydrogens (tertiary/aromatic N) is 2. The summed E-state index contributed by atoms with van der Waals surface area (Å²) in [4.78, 5) is 33.0. The molecule has 1 aliphatic rings. The SMILES string of the molecule is COc1ccc(-c2nc3c(c(SCC(=O)Nc4ccc(C(=O)[O-])cc4)n2)Cc2ccccc2O3)cc1. The van der Waals surface area contributed by atoms with Gasteiger partial charge in [-0.3, -0.25) is 4.79 Å². The standard InChI is InChI=1S/C27H21N3O5S/c1-34-20-12-8-16(9-13-20)24-29-25-21(14-18-4-2-3-5-22(18)35-25)26(30-24)36-15-23(31)28-19-10-6-17(7-11-19)27(32)33/h2-13H,14-15H2,1H3,(H,28,31)(H,32,33)/p-1. The van der Waals surface area contributed by atoms with Gasteiger partial charge in [-0.15, -0.1) is 0 Å². The lowest BCUT2D eigenvalue weighted by atomic mass is 10.0. The number of benzene rings is 3. The predicted molar refractivity (Wildman–Crippen MR) is 133 cm³/mol. The molecule has 8 nitrogen and oxygen atoms in total. The smallest absolute Gasteiger partial charge is 0.234 e. The highest BCUT2D eigenvalue weighted by molar-refractivity contribution is 8.00. The number of anilines is 1. The summed E-state index contributed by atoms with van der Waals surface area (Å²) in [5.74, 6) is 0.992. The zero-order valence-electron chi connectivity index (χ0n) is 19.2. The fraction of sp³-hybridized carbons (Fsp3) is 0.111. The Labute approximate surface area is 211 Å². The molecule has 0 aliphatic carbocycles. The van der Waals surface area contributed by atoms with Gasteiger partial charge in [-0.05, 0) is 53.6 Å². The summed E-state index contributed by atoms with van der Waals surface area (Å²) in [6.45, 7) is 0. The molecule has 2 heterocycles. The molecule has 0 saturated carbocycles. The van der Waals surface area contributed by atoms with E-state index in [1.54, 1.807) is 7.11 Å². The number of aromatic carboxylic acids is 1. The van der Waals surface area contributed by atoms with E-state index in [2.05, 4.69) is 10.3 Å². The summed E-state index contributed by atoms with van der Waals surface area (Å²) < 4.78 is 11.4. The number of methoxy groups -OCH3 is 1. The van der Waals surface area contributed by atoms with Gasteiger partial charge in [0.15, 0.2) is 5.82 Å². The number of carbonyl (C=O) groups is 2. The second kappa shape index (κ2) is 10.1. The van der Waals surface area contributed by atoms with Crippen molar-refractivity contribution in [1.82, 2.24) is 9.97 Å². The van der Waals surface area contributed by atoms with Gasteiger partial charge in [0.2, 0.25) is 11.8 Å². The van der Waals surface area contributed by atoms with Gasteiger partial charge < -0.3 is 24.7 Å². The van der Waals surface area contributed by atoms with Gasteiger partial charge in [0.25, 0.3) is 0 Å². The van der Waals surface area contributed by atoms with E-state index in [4.69, 9.17) is 14.5 Å². The number of para-hydroxylation sites is 1. The van der Waals surface area contributed by atoms with E-state index in [0.29, 0.717) is 28.8 Å². The summed E-state index contributed by atoms with van der Waals surface area (Å²) in [6.07, 6.45) is 0.586. The van der Waals surface area contributed by atoms with Crippen molar-refractivity contribution < 1.29 is 24.2 Å². The van der Waals surface area contributed by atoms with Gasteiger partial charge in [-0.25, -0.2) is 4.98 Å². The Balaban J connectivity index is 1.40. The topological polar surface area (TPSA) is 113 Å². The van der Waals surface area contributed by atoms with Crippen molar-refractivity contribution in [2.24, 2.45) is 0 Å². The van der Waals surface area contributed by atoms with E-state index in [-0.39, 0.29) is 17.2 Å². The Hall–Kier alpha value is -4.37. The number of nitrogens with one attached hydrogen (secondary N) is 1. The molecular formula is C27H20N3O5S-. The van der Waals surface area contributed by atoms with Gasteiger partial charge in [-0.2, -0.15) is 4.98 Å². The first-order chi connectivity index (χ1) is 17.5. The van der Waals surface area contributed by atoms with Crippen molar-refractivity contribution in [3.63, 3.8) is 0 Å². The summed E-state index contributed by atoms with van der Waals surface area (Å²) in [6, 6.07) is 21.0. The number of hydrogen-bond acceptors (Lipinski definition) is 8. The Morgan fingerprint density at radius 2 is 1.78 bits per heavy atom. The second-order valence-corrected chi connectivity index (χ2v) is 8.92. The van der Waals surface area contributed by atoms with Crippen molar-refractivity contribution in [1.29, 1.82) is 0 Å². The van der Waals surface area contributed by atoms with Crippen LogP contribution in [0.3, 0.4) is 0 Å². The van der Waals surface area contributed by atoms with E-state index in [9.17, 15) is 14.7 Å². The molecule has 0 saturated heterocycles. The maximum atomic E-state index is 12.6. The summed E-state index contributed by atoms with van der Waals surface area (Å²) in [7, 11) is 1.60. The summed E-state index contributed by atoms with van der Waals surface area (Å²) in [5, 5.41) is 14.3. The zero-order chi connectivity index (χ0) is 25.1. The highest BCUT2D eigenvalue weighted by Gasteiger charge is 2.24. The minimum absolute atomic E-state index is 0.0429. The van der Waals surface area contributed by atoms with Crippen LogP contribution in [0.25, 0.3) is 11.4 Å². The third-order valence-electron chi connectivity index (χ3n) is 5.57. The molecule has 0 bridgehead atoms. The van der Waals surface area contributed by atoms with Crippen LogP contribution in [0, 0.1) is 0 Å². The molecule has 3 aromatic carbocycles. The maximum Gasteiger partial charge on any atom is 0.234 e. The normalized spacial score (nSPS) is 11.6. The molecular weight excluding hydrogens is 478 g/mol. The predicted octanol–water partition coefficient (Wildman–Crippen LogP) is 3.94. The second-order valence-electron chi connectivity index (χ2n) is 7.95. The molecule has 0 spiro atoms. The van der Waals surface area contributed by atoms with Crippen LogP contribution in [0.4, 0.5) is 5.69 Å². The molecule has 9 heteroatoms. The average molecular weight is 499 g/mol. The Morgan fingerprint density at radius 3 is 2.50 bits per heavy atom. The van der Waals surface area contributed by atoms with E-state index >= 15 is 0 Å². The number of ether oxygens (including phenoxy) is 2. The highest BCUT2D eigenvalue weighted by atomic mass is 32.2. The molecule has 5 rings (SSSR count). The van der Waals surface area contributed by atoms with E-state index in [1.807, 2.05) is 48.5 Å². The molecule has 36 heavy (non-hydrogen) atoms. The number of carboxylic acid groups (broad SMARTS) is 1. The number of aromatic nitrogens is 2.